The topological polar surface area (TPSA) is 288 Å². The van der Waals surface area contributed by atoms with Gasteiger partial charge in [-0.1, -0.05) is 12.1 Å². The fraction of sp³-hybridized carbons (Fsp3) is 0.200. The van der Waals surface area contributed by atoms with Crippen LogP contribution in [-0.4, -0.2) is 104 Å². The lowest BCUT2D eigenvalue weighted by Crippen LogP contribution is -2.52. The number of amides is 3. The number of ether oxygens (including phenoxy) is 3. The van der Waals surface area contributed by atoms with Gasteiger partial charge in [0, 0.05) is 3.57 Å². The van der Waals surface area contributed by atoms with Crippen molar-refractivity contribution in [1.82, 2.24) is 16.0 Å². The van der Waals surface area contributed by atoms with Gasteiger partial charge in [0.2, 0.25) is 0 Å². The normalized spacial score (nSPS) is 18.4. The van der Waals surface area contributed by atoms with Crippen molar-refractivity contribution >= 4 is 58.2 Å². The van der Waals surface area contributed by atoms with Gasteiger partial charge in [0.05, 0.1) is 16.7 Å². The molecule has 19 heteroatoms. The lowest BCUT2D eigenvalue weighted by Gasteiger charge is -2.25. The van der Waals surface area contributed by atoms with Crippen LogP contribution in [0.4, 0.5) is 0 Å². The quantitative estimate of drug-likeness (QED) is 0.0680. The Balaban J connectivity index is 1.64. The van der Waals surface area contributed by atoms with Crippen LogP contribution in [0.5, 0.6) is 34.5 Å². The molecule has 0 unspecified atom stereocenters. The molecule has 0 bridgehead atoms. The Bertz CT molecular complexity index is 1770. The zero-order valence-electron chi connectivity index (χ0n) is 24.7. The number of phenols is 6. The third-order valence-corrected chi connectivity index (χ3v) is 7.39. The number of benzene rings is 3. The van der Waals surface area contributed by atoms with E-state index in [-0.39, 0.29) is 0 Å². The summed E-state index contributed by atoms with van der Waals surface area (Å²) < 4.78 is 15.7. The minimum Gasteiger partial charge on any atom is -0.504 e. The molecule has 1 heterocycles. The van der Waals surface area contributed by atoms with Crippen LogP contribution in [0.1, 0.15) is 31.1 Å². The summed E-state index contributed by atoms with van der Waals surface area (Å²) in [6.07, 6.45) is 0. The van der Waals surface area contributed by atoms with Crippen molar-refractivity contribution in [1.29, 1.82) is 0 Å². The van der Waals surface area contributed by atoms with Crippen LogP contribution in [0, 0.1) is 3.57 Å². The van der Waals surface area contributed by atoms with Crippen LogP contribution in [0.25, 0.3) is 0 Å². The summed E-state index contributed by atoms with van der Waals surface area (Å²) >= 11 is 1.74. The summed E-state index contributed by atoms with van der Waals surface area (Å²) in [6.45, 7) is -2.86. The van der Waals surface area contributed by atoms with Crippen molar-refractivity contribution in [3.8, 4) is 34.5 Å². The van der Waals surface area contributed by atoms with Crippen molar-refractivity contribution in [3.05, 3.63) is 68.8 Å². The Morgan fingerprint density at radius 1 is 0.551 bits per heavy atom. The zero-order chi connectivity index (χ0) is 36.0. The second-order valence-corrected chi connectivity index (χ2v) is 11.4. The molecule has 18 nitrogen and oxygen atoms in total. The molecule has 258 valence electrons. The monoisotopic (exact) mass is 795 g/mol. The van der Waals surface area contributed by atoms with Gasteiger partial charge in [-0.15, -0.1) is 0 Å². The highest BCUT2D eigenvalue weighted by Crippen LogP contribution is 2.31. The first kappa shape index (κ1) is 35.9. The summed E-state index contributed by atoms with van der Waals surface area (Å²) in [5.41, 5.74) is -1.46. The molecule has 3 aromatic carbocycles. The Hall–Kier alpha value is -5.99. The predicted molar refractivity (Wildman–Crippen MR) is 169 cm³/mol. The first-order valence-corrected chi connectivity index (χ1v) is 14.9. The number of cyclic esters (lactones) is 3. The minimum absolute atomic E-state index is 0.317. The van der Waals surface area contributed by atoms with E-state index in [1.54, 1.807) is 22.6 Å². The Labute approximate surface area is 288 Å². The number of phenolic OH excluding ortho intramolecular Hbond substituents is 6. The number of carbonyl (C=O) groups excluding carboxylic acids is 6. The smallest absolute Gasteiger partial charge is 0.332 e. The number of rotatable bonds is 6. The van der Waals surface area contributed by atoms with Gasteiger partial charge >= 0.3 is 17.9 Å². The Kier molecular flexibility index (Phi) is 11.2. The van der Waals surface area contributed by atoms with Crippen molar-refractivity contribution in [2.75, 3.05) is 19.8 Å². The molecule has 1 aliphatic rings. The third-order valence-electron chi connectivity index (χ3n) is 6.76. The standard InChI is InChI=1S/C30H26IN3O15/c31-12-7-15(24(40)21(37)8-12)27(43)34-18-11-49-29(45)16(32-25(41)13-3-1-5-19(35)22(13)38)9-47-28(44)17(10-48-30(18)46)33-26(42)14-4-2-6-20(36)23(14)39/h1-8,16-18,35-40H,9-11H2,(H,32,41)(H,33,42)(H,34,43)/t16-,17-,18-/m0/s1. The molecule has 1 saturated heterocycles. The van der Waals surface area contributed by atoms with Crippen LogP contribution in [0.3, 0.4) is 0 Å². The highest BCUT2D eigenvalue weighted by Gasteiger charge is 2.35. The third kappa shape index (κ3) is 8.49. The molecule has 1 fully saturated rings. The van der Waals surface area contributed by atoms with Crippen molar-refractivity contribution in [2.24, 2.45) is 0 Å². The number of hydrogen-bond acceptors (Lipinski definition) is 15. The molecule has 0 radical (unpaired) electrons. The zero-order valence-corrected chi connectivity index (χ0v) is 26.9. The molecule has 49 heavy (non-hydrogen) atoms. The maximum absolute atomic E-state index is 13.1. The van der Waals surface area contributed by atoms with Crippen molar-refractivity contribution in [2.45, 2.75) is 18.1 Å². The second kappa shape index (κ2) is 15.3. The fourth-order valence-electron chi connectivity index (χ4n) is 4.20. The summed E-state index contributed by atoms with van der Waals surface area (Å²) in [7, 11) is 0. The van der Waals surface area contributed by atoms with Gasteiger partial charge in [-0.3, -0.25) is 14.4 Å². The van der Waals surface area contributed by atoms with Gasteiger partial charge in [0.25, 0.3) is 17.7 Å². The van der Waals surface area contributed by atoms with Crippen LogP contribution < -0.4 is 16.0 Å². The van der Waals surface area contributed by atoms with Gasteiger partial charge in [-0.2, -0.15) is 0 Å². The highest BCUT2D eigenvalue weighted by atomic mass is 127. The molecular formula is C30H26IN3O15. The van der Waals surface area contributed by atoms with Gasteiger partial charge in [-0.05, 0) is 59.0 Å². The number of esters is 3. The second-order valence-electron chi connectivity index (χ2n) is 10.1. The molecule has 3 atom stereocenters. The molecule has 0 saturated carbocycles. The first-order valence-electron chi connectivity index (χ1n) is 13.8. The molecular weight excluding hydrogens is 769 g/mol. The molecule has 0 aliphatic carbocycles. The maximum Gasteiger partial charge on any atom is 0.332 e. The Morgan fingerprint density at radius 3 is 1.29 bits per heavy atom. The van der Waals surface area contributed by atoms with E-state index in [1.807, 2.05) is 0 Å². The summed E-state index contributed by atoms with van der Waals surface area (Å²) in [5, 5.41) is 66.3. The van der Waals surface area contributed by atoms with Gasteiger partial charge in [0.1, 0.15) is 19.8 Å². The van der Waals surface area contributed by atoms with E-state index in [9.17, 15) is 59.4 Å². The summed E-state index contributed by atoms with van der Waals surface area (Å²) in [6, 6.07) is 3.56. The maximum atomic E-state index is 13.1. The van der Waals surface area contributed by atoms with E-state index in [1.165, 1.54) is 18.2 Å². The van der Waals surface area contributed by atoms with Gasteiger partial charge in [0.15, 0.2) is 52.6 Å². The van der Waals surface area contributed by atoms with Crippen LogP contribution in [0.15, 0.2) is 48.5 Å². The molecule has 0 spiro atoms. The minimum atomic E-state index is -1.84. The number of hydrogen-bond donors (Lipinski definition) is 9. The first-order chi connectivity index (χ1) is 23.2. The number of halogens is 1. The molecule has 1 aliphatic heterocycles. The number of aromatic hydroxyl groups is 6. The van der Waals surface area contributed by atoms with Crippen LogP contribution in [0.2, 0.25) is 0 Å². The largest absolute Gasteiger partial charge is 0.504 e. The average molecular weight is 795 g/mol. The predicted octanol–water partition coefficient (Wildman–Crippen LogP) is -0.136. The van der Waals surface area contributed by atoms with E-state index < -0.39 is 125 Å². The van der Waals surface area contributed by atoms with E-state index in [2.05, 4.69) is 16.0 Å². The molecule has 3 amide bonds. The van der Waals surface area contributed by atoms with Crippen molar-refractivity contribution < 1.29 is 73.6 Å². The highest BCUT2D eigenvalue weighted by molar-refractivity contribution is 14.1. The van der Waals surface area contributed by atoms with Gasteiger partial charge < -0.3 is 60.8 Å². The lowest BCUT2D eigenvalue weighted by atomic mass is 10.1. The SMILES string of the molecule is O=C(N[C@H]1COC(=O)[C@@H](NC(=O)c2cccc(O)c2O)COC(=O)[C@@H](NC(=O)c2cc(I)cc(O)c2O)COC1=O)c1cccc(O)c1O. The molecule has 3 aromatic rings. The average Bonchev–Trinajstić information content (AvgIpc) is 3.05. The fourth-order valence-corrected chi connectivity index (χ4v) is 4.81. The lowest BCUT2D eigenvalue weighted by molar-refractivity contribution is -0.160. The van der Waals surface area contributed by atoms with E-state index >= 15 is 0 Å². The van der Waals surface area contributed by atoms with E-state index in [0.717, 1.165) is 30.3 Å². The van der Waals surface area contributed by atoms with Gasteiger partial charge in [-0.25, -0.2) is 14.4 Å². The summed E-state index contributed by atoms with van der Waals surface area (Å²) in [4.78, 5) is 78.2. The van der Waals surface area contributed by atoms with E-state index in [4.69, 9.17) is 14.2 Å². The molecule has 4 rings (SSSR count). The Morgan fingerprint density at radius 2 is 0.898 bits per heavy atom. The summed E-state index contributed by atoms with van der Waals surface area (Å²) in [5.74, 6) is -11.9. The van der Waals surface area contributed by atoms with Crippen LogP contribution >= 0.6 is 22.6 Å². The molecule has 9 N–H and O–H groups in total. The van der Waals surface area contributed by atoms with Crippen molar-refractivity contribution in [3.63, 3.8) is 0 Å². The van der Waals surface area contributed by atoms with E-state index in [0.29, 0.717) is 3.57 Å². The number of nitrogens with one attached hydrogen (secondary N) is 3. The van der Waals surface area contributed by atoms with Crippen LogP contribution in [-0.2, 0) is 28.6 Å². The number of carbonyl (C=O) groups is 6. The molecule has 0 aromatic heterocycles. The number of para-hydroxylation sites is 2.